The van der Waals surface area contributed by atoms with Gasteiger partial charge in [-0.2, -0.15) is 5.10 Å². The van der Waals surface area contributed by atoms with Gasteiger partial charge in [0.1, 0.15) is 5.75 Å². The second-order valence-corrected chi connectivity index (χ2v) is 6.82. The van der Waals surface area contributed by atoms with Crippen LogP contribution in [0.15, 0.2) is 88.9 Å². The maximum Gasteiger partial charge on any atom is 0.271 e. The van der Waals surface area contributed by atoms with Gasteiger partial charge in [-0.15, -0.1) is 11.8 Å². The summed E-state index contributed by atoms with van der Waals surface area (Å²) in [6.07, 6.45) is 1.59. The van der Waals surface area contributed by atoms with Gasteiger partial charge in [-0.25, -0.2) is 5.43 Å². The molecule has 0 aromatic heterocycles. The Morgan fingerprint density at radius 2 is 1.81 bits per heavy atom. The van der Waals surface area contributed by atoms with Crippen molar-refractivity contribution < 1.29 is 9.53 Å². The number of amides is 1. The predicted molar refractivity (Wildman–Crippen MR) is 110 cm³/mol. The second kappa shape index (κ2) is 9.59. The molecule has 0 aliphatic heterocycles. The lowest BCUT2D eigenvalue weighted by molar-refractivity contribution is 0.0955. The Kier molecular flexibility index (Phi) is 6.66. The summed E-state index contributed by atoms with van der Waals surface area (Å²) in [5.41, 5.74) is 5.14. The fourth-order valence-electron chi connectivity index (χ4n) is 2.39. The van der Waals surface area contributed by atoms with E-state index in [-0.39, 0.29) is 5.91 Å². The fraction of sp³-hybridized carbons (Fsp3) is 0.0909. The summed E-state index contributed by atoms with van der Waals surface area (Å²) < 4.78 is 5.16. The number of nitrogens with zero attached hydrogens (tertiary/aromatic N) is 1. The molecule has 5 heteroatoms. The van der Waals surface area contributed by atoms with Crippen LogP contribution in [0.3, 0.4) is 0 Å². The predicted octanol–water partition coefficient (Wildman–Crippen LogP) is 4.75. The Morgan fingerprint density at radius 1 is 1.04 bits per heavy atom. The van der Waals surface area contributed by atoms with Crippen LogP contribution in [0.5, 0.6) is 5.75 Å². The van der Waals surface area contributed by atoms with Crippen LogP contribution in [0.1, 0.15) is 21.5 Å². The molecule has 0 aliphatic rings. The number of carbonyl (C=O) groups is 1. The van der Waals surface area contributed by atoms with Gasteiger partial charge in [0, 0.05) is 16.2 Å². The van der Waals surface area contributed by atoms with Gasteiger partial charge in [0.2, 0.25) is 0 Å². The molecule has 0 unspecified atom stereocenters. The topological polar surface area (TPSA) is 50.7 Å². The minimum Gasteiger partial charge on any atom is -0.497 e. The van der Waals surface area contributed by atoms with Crippen LogP contribution in [-0.2, 0) is 5.75 Å². The van der Waals surface area contributed by atoms with Crippen LogP contribution in [-0.4, -0.2) is 19.2 Å². The molecule has 3 rings (SSSR count). The number of ether oxygens (including phenoxy) is 1. The highest BCUT2D eigenvalue weighted by Crippen LogP contribution is 2.22. The van der Waals surface area contributed by atoms with E-state index in [4.69, 9.17) is 4.74 Å². The number of methoxy groups -OCH3 is 1. The largest absolute Gasteiger partial charge is 0.497 e. The summed E-state index contributed by atoms with van der Waals surface area (Å²) >= 11 is 1.77. The Hall–Kier alpha value is -3.05. The standard InChI is InChI=1S/C22H20N2O2S/c1-26-20-7-5-6-18(14-20)15-23-24-22(25)19-12-10-17(11-13-19)16-27-21-8-3-2-4-9-21/h2-15H,16H2,1H3,(H,24,25)/b23-15-. The molecule has 0 fully saturated rings. The number of rotatable bonds is 7. The van der Waals surface area contributed by atoms with E-state index in [2.05, 4.69) is 22.7 Å². The molecule has 0 spiro atoms. The SMILES string of the molecule is COc1cccc(/C=N\NC(=O)c2ccc(CSc3ccccc3)cc2)c1. The molecular formula is C22H20N2O2S. The molecular weight excluding hydrogens is 356 g/mol. The van der Waals surface area contributed by atoms with Crippen molar-refractivity contribution in [3.63, 3.8) is 0 Å². The summed E-state index contributed by atoms with van der Waals surface area (Å²) in [6, 6.07) is 25.3. The summed E-state index contributed by atoms with van der Waals surface area (Å²) in [5, 5.41) is 4.01. The molecule has 0 aliphatic carbocycles. The lowest BCUT2D eigenvalue weighted by Crippen LogP contribution is -2.17. The zero-order valence-corrected chi connectivity index (χ0v) is 15.8. The lowest BCUT2D eigenvalue weighted by Gasteiger charge is -2.04. The Balaban J connectivity index is 1.53. The molecule has 3 aromatic rings. The third-order valence-electron chi connectivity index (χ3n) is 3.84. The monoisotopic (exact) mass is 376 g/mol. The maximum absolute atomic E-state index is 12.2. The minimum atomic E-state index is -0.239. The molecule has 0 bridgehead atoms. The normalized spacial score (nSPS) is 10.7. The number of thioether (sulfide) groups is 1. The van der Waals surface area contributed by atoms with Crippen LogP contribution in [0.25, 0.3) is 0 Å². The molecule has 0 heterocycles. The molecule has 3 aromatic carbocycles. The van der Waals surface area contributed by atoms with Crippen molar-refractivity contribution in [1.82, 2.24) is 5.43 Å². The molecule has 27 heavy (non-hydrogen) atoms. The van der Waals surface area contributed by atoms with E-state index < -0.39 is 0 Å². The highest BCUT2D eigenvalue weighted by atomic mass is 32.2. The van der Waals surface area contributed by atoms with Crippen LogP contribution in [0.4, 0.5) is 0 Å². The van der Waals surface area contributed by atoms with Gasteiger partial charge in [-0.3, -0.25) is 4.79 Å². The van der Waals surface area contributed by atoms with E-state index in [1.165, 1.54) is 10.5 Å². The van der Waals surface area contributed by atoms with E-state index in [1.54, 1.807) is 25.1 Å². The minimum absolute atomic E-state index is 0.239. The Labute approximate surface area is 163 Å². The molecule has 136 valence electrons. The van der Waals surface area contributed by atoms with Gasteiger partial charge in [0.15, 0.2) is 0 Å². The van der Waals surface area contributed by atoms with E-state index in [0.29, 0.717) is 5.56 Å². The Bertz CT molecular complexity index is 909. The van der Waals surface area contributed by atoms with Gasteiger partial charge in [-0.05, 0) is 47.5 Å². The summed E-state index contributed by atoms with van der Waals surface area (Å²) in [6.45, 7) is 0. The second-order valence-electron chi connectivity index (χ2n) is 5.77. The summed E-state index contributed by atoms with van der Waals surface area (Å²) in [7, 11) is 1.61. The highest BCUT2D eigenvalue weighted by Gasteiger charge is 2.04. The van der Waals surface area contributed by atoms with Crippen molar-refractivity contribution in [3.05, 3.63) is 95.6 Å². The molecule has 1 amide bonds. The van der Waals surface area contributed by atoms with E-state index in [1.807, 2.05) is 66.7 Å². The van der Waals surface area contributed by atoms with Crippen molar-refractivity contribution in [2.75, 3.05) is 7.11 Å². The molecule has 0 radical (unpaired) electrons. The lowest BCUT2D eigenvalue weighted by atomic mass is 10.1. The highest BCUT2D eigenvalue weighted by molar-refractivity contribution is 7.98. The number of nitrogens with one attached hydrogen (secondary N) is 1. The first kappa shape index (κ1) is 18.7. The fourth-order valence-corrected chi connectivity index (χ4v) is 3.26. The van der Waals surface area contributed by atoms with Gasteiger partial charge >= 0.3 is 0 Å². The molecule has 1 N–H and O–H groups in total. The van der Waals surface area contributed by atoms with Gasteiger partial charge in [0.25, 0.3) is 5.91 Å². The van der Waals surface area contributed by atoms with Crippen molar-refractivity contribution in [1.29, 1.82) is 0 Å². The van der Waals surface area contributed by atoms with Crippen LogP contribution in [0.2, 0.25) is 0 Å². The first-order chi connectivity index (χ1) is 13.2. The van der Waals surface area contributed by atoms with Crippen LogP contribution in [0, 0.1) is 0 Å². The van der Waals surface area contributed by atoms with Crippen LogP contribution >= 0.6 is 11.8 Å². The van der Waals surface area contributed by atoms with Gasteiger partial charge < -0.3 is 4.74 Å². The molecule has 4 nitrogen and oxygen atoms in total. The smallest absolute Gasteiger partial charge is 0.271 e. The Morgan fingerprint density at radius 3 is 2.56 bits per heavy atom. The zero-order chi connectivity index (χ0) is 18.9. The maximum atomic E-state index is 12.2. The summed E-state index contributed by atoms with van der Waals surface area (Å²) in [5.74, 6) is 1.37. The van der Waals surface area contributed by atoms with E-state index in [9.17, 15) is 4.79 Å². The van der Waals surface area contributed by atoms with E-state index >= 15 is 0 Å². The zero-order valence-electron chi connectivity index (χ0n) is 15.0. The number of hydrazone groups is 1. The molecule has 0 saturated heterocycles. The number of benzene rings is 3. The average molecular weight is 376 g/mol. The van der Waals surface area contributed by atoms with E-state index in [0.717, 1.165) is 17.1 Å². The molecule has 0 saturated carbocycles. The average Bonchev–Trinajstić information content (AvgIpc) is 2.73. The van der Waals surface area contributed by atoms with Crippen molar-refractivity contribution in [2.45, 2.75) is 10.6 Å². The summed E-state index contributed by atoms with van der Waals surface area (Å²) in [4.78, 5) is 13.4. The first-order valence-electron chi connectivity index (χ1n) is 8.49. The molecule has 0 atom stereocenters. The van der Waals surface area contributed by atoms with Crippen molar-refractivity contribution >= 4 is 23.9 Å². The number of carbonyl (C=O) groups excluding carboxylic acids is 1. The van der Waals surface area contributed by atoms with Crippen molar-refractivity contribution in [3.8, 4) is 5.75 Å². The van der Waals surface area contributed by atoms with Crippen LogP contribution < -0.4 is 10.2 Å². The first-order valence-corrected chi connectivity index (χ1v) is 9.47. The van der Waals surface area contributed by atoms with Gasteiger partial charge in [0.05, 0.1) is 13.3 Å². The number of hydrogen-bond donors (Lipinski definition) is 1. The third-order valence-corrected chi connectivity index (χ3v) is 4.92. The third kappa shape index (κ3) is 5.72. The van der Waals surface area contributed by atoms with Gasteiger partial charge in [-0.1, -0.05) is 42.5 Å². The van der Waals surface area contributed by atoms with Crippen molar-refractivity contribution in [2.24, 2.45) is 5.10 Å². The quantitative estimate of drug-likeness (QED) is 0.368. The number of hydrogen-bond acceptors (Lipinski definition) is 4.